The molecule has 3 rings (SSSR count). The van der Waals surface area contributed by atoms with Crippen molar-refractivity contribution in [3.05, 3.63) is 84.1 Å². The van der Waals surface area contributed by atoms with E-state index in [4.69, 9.17) is 4.42 Å². The molecule has 24 heavy (non-hydrogen) atoms. The molecule has 0 saturated carbocycles. The summed E-state index contributed by atoms with van der Waals surface area (Å²) >= 11 is 0. The molecule has 0 aliphatic heterocycles. The number of carbonyl (C=O) groups excluding carboxylic acids is 2. The minimum atomic E-state index is -0.342. The number of anilines is 1. The first-order chi connectivity index (χ1) is 11.7. The molecular formula is C18H15N3O3. The number of para-hydroxylation sites is 1. The molecule has 0 aliphatic rings. The van der Waals surface area contributed by atoms with Crippen LogP contribution in [0.25, 0.3) is 0 Å². The van der Waals surface area contributed by atoms with Gasteiger partial charge in [-0.2, -0.15) is 0 Å². The van der Waals surface area contributed by atoms with Crippen molar-refractivity contribution >= 4 is 17.5 Å². The lowest BCUT2D eigenvalue weighted by atomic mass is 10.1. The second-order valence-electron chi connectivity index (χ2n) is 5.01. The Hall–Kier alpha value is -3.41. The van der Waals surface area contributed by atoms with Gasteiger partial charge < -0.3 is 15.1 Å². The van der Waals surface area contributed by atoms with Gasteiger partial charge in [-0.25, -0.2) is 0 Å². The van der Waals surface area contributed by atoms with Gasteiger partial charge in [0.2, 0.25) is 0 Å². The van der Waals surface area contributed by atoms with Crippen LogP contribution >= 0.6 is 0 Å². The standard InChI is InChI=1S/C18H15N3O3/c22-17(14-6-3-9-19-11-14)20-12-13-5-1-2-7-15(13)21-18(23)16-8-4-10-24-16/h1-11H,12H2,(H,20,22)(H,21,23). The molecule has 6 heteroatoms. The molecule has 0 aliphatic carbocycles. The second-order valence-corrected chi connectivity index (χ2v) is 5.01. The van der Waals surface area contributed by atoms with Gasteiger partial charge in [-0.3, -0.25) is 14.6 Å². The number of pyridine rings is 1. The number of carbonyl (C=O) groups is 2. The highest BCUT2D eigenvalue weighted by molar-refractivity contribution is 6.02. The van der Waals surface area contributed by atoms with Crippen LogP contribution in [0.4, 0.5) is 5.69 Å². The Labute approximate surface area is 138 Å². The molecule has 2 heterocycles. The van der Waals surface area contributed by atoms with E-state index in [1.54, 1.807) is 36.5 Å². The fourth-order valence-electron chi connectivity index (χ4n) is 2.16. The first-order valence-corrected chi connectivity index (χ1v) is 7.35. The smallest absolute Gasteiger partial charge is 0.291 e. The molecule has 0 atom stereocenters. The van der Waals surface area contributed by atoms with Crippen LogP contribution < -0.4 is 10.6 Å². The molecule has 2 N–H and O–H groups in total. The zero-order valence-corrected chi connectivity index (χ0v) is 12.7. The molecular weight excluding hydrogens is 306 g/mol. The third-order valence-electron chi connectivity index (χ3n) is 3.37. The average molecular weight is 321 g/mol. The van der Waals surface area contributed by atoms with Gasteiger partial charge in [0.15, 0.2) is 5.76 Å². The number of hydrogen-bond donors (Lipinski definition) is 2. The zero-order valence-electron chi connectivity index (χ0n) is 12.7. The molecule has 0 spiro atoms. The van der Waals surface area contributed by atoms with Crippen molar-refractivity contribution < 1.29 is 14.0 Å². The Morgan fingerprint density at radius 1 is 1.00 bits per heavy atom. The summed E-state index contributed by atoms with van der Waals surface area (Å²) in [5, 5.41) is 5.59. The van der Waals surface area contributed by atoms with Gasteiger partial charge in [-0.05, 0) is 35.9 Å². The summed E-state index contributed by atoms with van der Waals surface area (Å²) in [6.45, 7) is 0.280. The topological polar surface area (TPSA) is 84.2 Å². The summed E-state index contributed by atoms with van der Waals surface area (Å²) < 4.78 is 5.07. The van der Waals surface area contributed by atoms with Crippen molar-refractivity contribution in [2.24, 2.45) is 0 Å². The maximum Gasteiger partial charge on any atom is 0.291 e. The number of rotatable bonds is 5. The van der Waals surface area contributed by atoms with E-state index in [9.17, 15) is 9.59 Å². The molecule has 120 valence electrons. The lowest BCUT2D eigenvalue weighted by molar-refractivity contribution is 0.0950. The third kappa shape index (κ3) is 3.67. The quantitative estimate of drug-likeness (QED) is 0.757. The van der Waals surface area contributed by atoms with Crippen LogP contribution in [0, 0.1) is 0 Å². The van der Waals surface area contributed by atoms with Crippen molar-refractivity contribution in [3.63, 3.8) is 0 Å². The summed E-state index contributed by atoms with van der Waals surface area (Å²) in [5.74, 6) is -0.342. The van der Waals surface area contributed by atoms with Gasteiger partial charge in [0, 0.05) is 24.6 Å². The van der Waals surface area contributed by atoms with Gasteiger partial charge in [0.05, 0.1) is 11.8 Å². The number of hydrogen-bond acceptors (Lipinski definition) is 4. The summed E-state index contributed by atoms with van der Waals surface area (Å²) in [6, 6.07) is 13.9. The zero-order chi connectivity index (χ0) is 16.8. The van der Waals surface area contributed by atoms with E-state index in [2.05, 4.69) is 15.6 Å². The highest BCUT2D eigenvalue weighted by Crippen LogP contribution is 2.16. The highest BCUT2D eigenvalue weighted by atomic mass is 16.3. The molecule has 0 fully saturated rings. The Morgan fingerprint density at radius 3 is 2.62 bits per heavy atom. The van der Waals surface area contributed by atoms with Crippen LogP contribution in [0.15, 0.2) is 71.6 Å². The van der Waals surface area contributed by atoms with Crippen molar-refractivity contribution in [2.75, 3.05) is 5.32 Å². The number of nitrogens with one attached hydrogen (secondary N) is 2. The molecule has 6 nitrogen and oxygen atoms in total. The van der Waals surface area contributed by atoms with Gasteiger partial charge in [-0.1, -0.05) is 18.2 Å². The van der Waals surface area contributed by atoms with Crippen LogP contribution in [0.2, 0.25) is 0 Å². The van der Waals surface area contributed by atoms with Gasteiger partial charge >= 0.3 is 0 Å². The van der Waals surface area contributed by atoms with Crippen LogP contribution in [-0.2, 0) is 6.54 Å². The number of amides is 2. The second kappa shape index (κ2) is 7.23. The SMILES string of the molecule is O=C(NCc1ccccc1NC(=O)c1ccco1)c1cccnc1. The summed E-state index contributed by atoms with van der Waals surface area (Å²) in [7, 11) is 0. The summed E-state index contributed by atoms with van der Waals surface area (Å²) in [5.41, 5.74) is 1.88. The molecule has 1 aromatic carbocycles. The predicted molar refractivity (Wildman–Crippen MR) is 88.5 cm³/mol. The Kier molecular flexibility index (Phi) is 4.67. The van der Waals surface area contributed by atoms with Gasteiger partial charge in [0.1, 0.15) is 0 Å². The number of furan rings is 1. The van der Waals surface area contributed by atoms with E-state index >= 15 is 0 Å². The lowest BCUT2D eigenvalue weighted by Crippen LogP contribution is -2.24. The minimum absolute atomic E-state index is 0.226. The fourth-order valence-corrected chi connectivity index (χ4v) is 2.16. The maximum atomic E-state index is 12.1. The molecule has 2 aromatic heterocycles. The van der Waals surface area contributed by atoms with E-state index in [0.29, 0.717) is 11.3 Å². The molecule has 3 aromatic rings. The molecule has 2 amide bonds. The van der Waals surface area contributed by atoms with Crippen molar-refractivity contribution in [3.8, 4) is 0 Å². The van der Waals surface area contributed by atoms with Crippen molar-refractivity contribution in [2.45, 2.75) is 6.54 Å². The largest absolute Gasteiger partial charge is 0.459 e. The average Bonchev–Trinajstić information content (AvgIpc) is 3.16. The van der Waals surface area contributed by atoms with Crippen LogP contribution in [0.5, 0.6) is 0 Å². The summed E-state index contributed by atoms with van der Waals surface area (Å²) in [4.78, 5) is 28.1. The number of aromatic nitrogens is 1. The van der Waals surface area contributed by atoms with Crippen LogP contribution in [-0.4, -0.2) is 16.8 Å². The lowest BCUT2D eigenvalue weighted by Gasteiger charge is -2.11. The highest BCUT2D eigenvalue weighted by Gasteiger charge is 2.12. The maximum absolute atomic E-state index is 12.1. The molecule has 0 bridgehead atoms. The van der Waals surface area contributed by atoms with Gasteiger partial charge in [-0.15, -0.1) is 0 Å². The van der Waals surface area contributed by atoms with Crippen molar-refractivity contribution in [1.82, 2.24) is 10.3 Å². The normalized spacial score (nSPS) is 10.2. The summed E-state index contributed by atoms with van der Waals surface area (Å²) in [6.07, 6.45) is 4.55. The molecule has 0 saturated heterocycles. The van der Waals surface area contributed by atoms with E-state index in [-0.39, 0.29) is 24.1 Å². The Morgan fingerprint density at radius 2 is 1.88 bits per heavy atom. The first kappa shape index (κ1) is 15.5. The first-order valence-electron chi connectivity index (χ1n) is 7.35. The third-order valence-corrected chi connectivity index (χ3v) is 3.37. The van der Waals surface area contributed by atoms with E-state index < -0.39 is 0 Å². The van der Waals surface area contributed by atoms with E-state index in [0.717, 1.165) is 5.56 Å². The number of nitrogens with zero attached hydrogens (tertiary/aromatic N) is 1. The molecule has 0 unspecified atom stereocenters. The predicted octanol–water partition coefficient (Wildman–Crippen LogP) is 2.86. The van der Waals surface area contributed by atoms with E-state index in [1.165, 1.54) is 12.5 Å². The van der Waals surface area contributed by atoms with Crippen LogP contribution in [0.3, 0.4) is 0 Å². The van der Waals surface area contributed by atoms with Gasteiger partial charge in [0.25, 0.3) is 11.8 Å². The van der Waals surface area contributed by atoms with E-state index in [1.807, 2.05) is 18.2 Å². The number of benzene rings is 1. The van der Waals surface area contributed by atoms with Crippen LogP contribution in [0.1, 0.15) is 26.5 Å². The Balaban J connectivity index is 1.68. The monoisotopic (exact) mass is 321 g/mol. The molecule has 0 radical (unpaired) electrons. The Bertz CT molecular complexity index is 830. The minimum Gasteiger partial charge on any atom is -0.459 e. The fraction of sp³-hybridized carbons (Fsp3) is 0.0556. The van der Waals surface area contributed by atoms with Crippen molar-refractivity contribution in [1.29, 1.82) is 0 Å².